The van der Waals surface area contributed by atoms with Gasteiger partial charge in [-0.25, -0.2) is 13.9 Å². The van der Waals surface area contributed by atoms with Crippen molar-refractivity contribution in [2.45, 2.75) is 12.6 Å². The molecular weight excluding hydrogens is 310 g/mol. The molecule has 1 heterocycles. The zero-order valence-corrected chi connectivity index (χ0v) is 11.3. The lowest BCUT2D eigenvalue weighted by molar-refractivity contribution is 0.161. The summed E-state index contributed by atoms with van der Waals surface area (Å²) >= 11 is 3.34. The predicted octanol–water partition coefficient (Wildman–Crippen LogP) is 1.10. The molecule has 0 bridgehead atoms. The van der Waals surface area contributed by atoms with Crippen molar-refractivity contribution < 1.29 is 18.4 Å². The molecule has 0 saturated carbocycles. The SMILES string of the molecule is O=S1(=O)CC(Oc2ccc(CNO)cc2Br)C1. The number of nitrogens with one attached hydrogen (secondary N) is 1. The van der Waals surface area contributed by atoms with Crippen LogP contribution in [0.15, 0.2) is 22.7 Å². The summed E-state index contributed by atoms with van der Waals surface area (Å²) in [6.07, 6.45) is -0.252. The van der Waals surface area contributed by atoms with Gasteiger partial charge >= 0.3 is 0 Å². The third kappa shape index (κ3) is 3.19. The molecule has 2 N–H and O–H groups in total. The van der Waals surface area contributed by atoms with Crippen molar-refractivity contribution in [2.24, 2.45) is 0 Å². The van der Waals surface area contributed by atoms with E-state index in [4.69, 9.17) is 9.94 Å². The molecule has 17 heavy (non-hydrogen) atoms. The fourth-order valence-electron chi connectivity index (χ4n) is 1.61. The molecule has 1 aromatic carbocycles. The number of hydrogen-bond acceptors (Lipinski definition) is 5. The Morgan fingerprint density at radius 3 is 2.71 bits per heavy atom. The van der Waals surface area contributed by atoms with E-state index >= 15 is 0 Å². The molecule has 1 fully saturated rings. The second-order valence-corrected chi connectivity index (χ2v) is 6.92. The van der Waals surface area contributed by atoms with Crippen LogP contribution in [0.4, 0.5) is 0 Å². The number of rotatable bonds is 4. The monoisotopic (exact) mass is 321 g/mol. The van der Waals surface area contributed by atoms with Crippen molar-refractivity contribution in [3.63, 3.8) is 0 Å². The van der Waals surface area contributed by atoms with Crippen molar-refractivity contribution in [1.29, 1.82) is 0 Å². The van der Waals surface area contributed by atoms with Crippen LogP contribution in [0.5, 0.6) is 5.75 Å². The molecule has 1 aromatic rings. The molecule has 0 unspecified atom stereocenters. The van der Waals surface area contributed by atoms with E-state index in [0.29, 0.717) is 12.3 Å². The molecule has 0 amide bonds. The van der Waals surface area contributed by atoms with Crippen molar-refractivity contribution in [1.82, 2.24) is 5.48 Å². The van der Waals surface area contributed by atoms with Gasteiger partial charge in [-0.05, 0) is 33.6 Å². The maximum atomic E-state index is 11.0. The van der Waals surface area contributed by atoms with Crippen LogP contribution < -0.4 is 10.2 Å². The van der Waals surface area contributed by atoms with E-state index in [9.17, 15) is 8.42 Å². The van der Waals surface area contributed by atoms with Crippen molar-refractivity contribution in [2.75, 3.05) is 11.5 Å². The molecular formula is C10H12BrNO4S. The lowest BCUT2D eigenvalue weighted by atomic mass is 10.2. The van der Waals surface area contributed by atoms with Crippen molar-refractivity contribution >= 4 is 25.8 Å². The summed E-state index contributed by atoms with van der Waals surface area (Å²) in [6.45, 7) is 0.344. The van der Waals surface area contributed by atoms with Crippen LogP contribution in [0.2, 0.25) is 0 Å². The van der Waals surface area contributed by atoms with Crippen LogP contribution in [0.1, 0.15) is 5.56 Å². The smallest absolute Gasteiger partial charge is 0.157 e. The Bertz CT molecular complexity index is 505. The molecule has 5 nitrogen and oxygen atoms in total. The zero-order valence-electron chi connectivity index (χ0n) is 8.89. The minimum atomic E-state index is -2.86. The van der Waals surface area contributed by atoms with Gasteiger partial charge in [0.25, 0.3) is 0 Å². The molecule has 2 rings (SSSR count). The lowest BCUT2D eigenvalue weighted by Gasteiger charge is -2.27. The molecule has 94 valence electrons. The summed E-state index contributed by atoms with van der Waals surface area (Å²) in [7, 11) is -2.86. The third-order valence-electron chi connectivity index (χ3n) is 2.45. The number of halogens is 1. The maximum absolute atomic E-state index is 11.0. The van der Waals surface area contributed by atoms with Gasteiger partial charge in [-0.2, -0.15) is 0 Å². The van der Waals surface area contributed by atoms with Crippen LogP contribution in [0.25, 0.3) is 0 Å². The van der Waals surface area contributed by atoms with Gasteiger partial charge in [0.2, 0.25) is 0 Å². The molecule has 0 atom stereocenters. The zero-order chi connectivity index (χ0) is 12.5. The molecule has 7 heteroatoms. The Morgan fingerprint density at radius 2 is 2.18 bits per heavy atom. The minimum absolute atomic E-state index is 0.0827. The van der Waals surface area contributed by atoms with E-state index in [1.165, 1.54) is 0 Å². The fraction of sp³-hybridized carbons (Fsp3) is 0.400. The van der Waals surface area contributed by atoms with Crippen LogP contribution in [-0.4, -0.2) is 31.2 Å². The van der Waals surface area contributed by atoms with E-state index < -0.39 is 9.84 Å². The summed E-state index contributed by atoms with van der Waals surface area (Å²) < 4.78 is 28.3. The van der Waals surface area contributed by atoms with Gasteiger partial charge in [0.05, 0.1) is 16.0 Å². The Hall–Kier alpha value is -0.630. The number of hydroxylamine groups is 1. The quantitative estimate of drug-likeness (QED) is 0.812. The van der Waals surface area contributed by atoms with Gasteiger partial charge in [0.1, 0.15) is 11.9 Å². The topological polar surface area (TPSA) is 75.6 Å². The summed E-state index contributed by atoms with van der Waals surface area (Å²) in [4.78, 5) is 0. The number of hydrogen-bond donors (Lipinski definition) is 2. The Balaban J connectivity index is 2.02. The first-order valence-corrected chi connectivity index (χ1v) is 7.64. The highest BCUT2D eigenvalue weighted by atomic mass is 79.9. The van der Waals surface area contributed by atoms with Gasteiger partial charge in [-0.1, -0.05) is 6.07 Å². The summed E-state index contributed by atoms with van der Waals surface area (Å²) in [6, 6.07) is 5.36. The lowest BCUT2D eigenvalue weighted by Crippen LogP contribution is -2.45. The van der Waals surface area contributed by atoms with Crippen molar-refractivity contribution in [3.8, 4) is 5.75 Å². The predicted molar refractivity (Wildman–Crippen MR) is 65.8 cm³/mol. The molecule has 1 aliphatic heterocycles. The highest BCUT2D eigenvalue weighted by Gasteiger charge is 2.35. The Morgan fingerprint density at radius 1 is 1.47 bits per heavy atom. The van der Waals surface area contributed by atoms with E-state index in [2.05, 4.69) is 21.4 Å². The number of ether oxygens (including phenoxy) is 1. The van der Waals surface area contributed by atoms with E-state index in [1.54, 1.807) is 12.1 Å². The number of benzene rings is 1. The molecule has 1 aliphatic rings. The second-order valence-electron chi connectivity index (χ2n) is 3.92. The van der Waals surface area contributed by atoms with Crippen LogP contribution in [0, 0.1) is 0 Å². The van der Waals surface area contributed by atoms with E-state index in [0.717, 1.165) is 10.0 Å². The van der Waals surface area contributed by atoms with Gasteiger partial charge in [0.15, 0.2) is 9.84 Å². The van der Waals surface area contributed by atoms with Gasteiger partial charge < -0.3 is 9.94 Å². The summed E-state index contributed by atoms with van der Waals surface area (Å²) in [5, 5.41) is 8.57. The van der Waals surface area contributed by atoms with Gasteiger partial charge in [0, 0.05) is 6.54 Å². The second kappa shape index (κ2) is 4.93. The fourth-order valence-corrected chi connectivity index (χ4v) is 3.30. The van der Waals surface area contributed by atoms with E-state index in [1.807, 2.05) is 6.07 Å². The first kappa shape index (κ1) is 12.8. The minimum Gasteiger partial charge on any atom is -0.487 e. The highest BCUT2D eigenvalue weighted by molar-refractivity contribution is 9.10. The molecule has 1 saturated heterocycles. The third-order valence-corrected chi connectivity index (χ3v) is 4.83. The molecule has 0 spiro atoms. The van der Waals surface area contributed by atoms with Crippen LogP contribution in [0.3, 0.4) is 0 Å². The van der Waals surface area contributed by atoms with Gasteiger partial charge in [-0.3, -0.25) is 0 Å². The van der Waals surface area contributed by atoms with Crippen LogP contribution >= 0.6 is 15.9 Å². The summed E-state index contributed by atoms with van der Waals surface area (Å²) in [5.74, 6) is 0.783. The van der Waals surface area contributed by atoms with E-state index in [-0.39, 0.29) is 17.6 Å². The molecule has 0 aromatic heterocycles. The first-order chi connectivity index (χ1) is 8.00. The highest BCUT2D eigenvalue weighted by Crippen LogP contribution is 2.29. The van der Waals surface area contributed by atoms with Gasteiger partial charge in [-0.15, -0.1) is 0 Å². The molecule has 0 aliphatic carbocycles. The first-order valence-electron chi connectivity index (χ1n) is 5.02. The Kier molecular flexibility index (Phi) is 3.72. The Labute approximate surface area is 108 Å². The average Bonchev–Trinajstić information content (AvgIpc) is 2.19. The largest absolute Gasteiger partial charge is 0.487 e. The molecule has 0 radical (unpaired) electrons. The number of sulfone groups is 1. The standard InChI is InChI=1S/C10H12BrNO4S/c11-9-3-7(4-12-13)1-2-10(9)16-8-5-17(14,15)6-8/h1-3,8,12-13H,4-6H2. The van der Waals surface area contributed by atoms with Crippen LogP contribution in [-0.2, 0) is 16.4 Å². The average molecular weight is 322 g/mol. The maximum Gasteiger partial charge on any atom is 0.157 e. The normalized spacial score (nSPS) is 18.7. The summed E-state index contributed by atoms with van der Waals surface area (Å²) in [5.41, 5.74) is 2.96. The van der Waals surface area contributed by atoms with Crippen molar-refractivity contribution in [3.05, 3.63) is 28.2 Å².